The van der Waals surface area contributed by atoms with Crippen LogP contribution in [0.5, 0.6) is 0 Å². The third-order valence-corrected chi connectivity index (χ3v) is 32.2. The summed E-state index contributed by atoms with van der Waals surface area (Å²) in [6.07, 6.45) is 18.2. The number of ether oxygens (including phenoxy) is 1. The molecule has 3 aliphatic carbocycles. The molecule has 27 heteroatoms. The molecule has 5 amide bonds. The van der Waals surface area contributed by atoms with Crippen molar-refractivity contribution in [2.45, 2.75) is 251 Å². The Hall–Kier alpha value is -13.1. The fourth-order valence-corrected chi connectivity index (χ4v) is 23.0. The van der Waals surface area contributed by atoms with Gasteiger partial charge in [-0.25, -0.2) is 4.79 Å². The van der Waals surface area contributed by atoms with E-state index in [0.29, 0.717) is 60.9 Å². The number of anilines is 7. The number of piperidine rings is 7. The molecule has 7 aromatic carbocycles. The van der Waals surface area contributed by atoms with Crippen LogP contribution < -0.4 is 35.6 Å². The molecule has 752 valence electrons. The second-order valence-corrected chi connectivity index (χ2v) is 43.2. The number of hydrogen-bond acceptors (Lipinski definition) is 24. The van der Waals surface area contributed by atoms with Crippen LogP contribution in [0.1, 0.15) is 238 Å². The van der Waals surface area contributed by atoms with Crippen molar-refractivity contribution in [3.63, 3.8) is 0 Å². The maximum Gasteiger partial charge on any atom is 0.410 e. The van der Waals surface area contributed by atoms with Crippen LogP contribution in [-0.4, -0.2) is 192 Å². The molecule has 3 N–H and O–H groups in total. The molecule has 144 heavy (non-hydrogen) atoms. The maximum atomic E-state index is 13.4. The van der Waals surface area contributed by atoms with Crippen LogP contribution in [0.3, 0.4) is 0 Å². The molecular weight excluding hydrogens is 1800 g/mol. The molecule has 11 heterocycles. The zero-order valence-corrected chi connectivity index (χ0v) is 85.9. The molecule has 0 bridgehead atoms. The Morgan fingerprint density at radius 1 is 0.431 bits per heavy atom. The highest BCUT2D eigenvalue weighted by Gasteiger charge is 2.49. The van der Waals surface area contributed by atoms with Crippen LogP contribution >= 0.6 is 0 Å². The minimum absolute atomic E-state index is 0.0965. The number of nitriles is 3. The van der Waals surface area contributed by atoms with Crippen molar-refractivity contribution in [3.05, 3.63) is 224 Å². The van der Waals surface area contributed by atoms with Crippen molar-refractivity contribution >= 4 is 75.3 Å². The lowest BCUT2D eigenvalue weighted by atomic mass is 9.91. The summed E-state index contributed by atoms with van der Waals surface area (Å²) in [4.78, 5) is 91.1. The number of likely N-dealkylation sites (tertiary alicyclic amines) is 3. The lowest BCUT2D eigenvalue weighted by Gasteiger charge is -2.43. The van der Waals surface area contributed by atoms with E-state index in [1.807, 2.05) is 68.4 Å². The monoisotopic (exact) mass is 1940 g/mol. The second-order valence-electron chi connectivity index (χ2n) is 43.2. The number of aryl methyl sites for hydroxylation is 9. The largest absolute Gasteiger partial charge is 0.444 e. The topological polar surface area (TPSA) is 323 Å². The average Bonchev–Trinajstić information content (AvgIpc) is 1.62. The van der Waals surface area contributed by atoms with Crippen molar-refractivity contribution in [3.8, 4) is 51.6 Å². The summed E-state index contributed by atoms with van der Waals surface area (Å²) in [6, 6.07) is 59.6. The van der Waals surface area contributed by atoms with E-state index in [1.165, 1.54) is 96.7 Å². The molecule has 0 spiro atoms. The van der Waals surface area contributed by atoms with Gasteiger partial charge in [-0.3, -0.25) is 34.2 Å². The van der Waals surface area contributed by atoms with Crippen molar-refractivity contribution in [2.75, 3.05) is 118 Å². The van der Waals surface area contributed by atoms with Gasteiger partial charge in [0.05, 0.1) is 62.7 Å². The van der Waals surface area contributed by atoms with E-state index in [0.717, 1.165) is 243 Å². The zero-order valence-electron chi connectivity index (χ0n) is 85.9. The van der Waals surface area contributed by atoms with Gasteiger partial charge in [-0.2, -0.15) is 15.8 Å². The highest BCUT2D eigenvalue weighted by Crippen LogP contribution is 2.52. The van der Waals surface area contributed by atoms with Crippen molar-refractivity contribution in [1.29, 1.82) is 15.8 Å². The van der Waals surface area contributed by atoms with E-state index >= 15 is 0 Å². The lowest BCUT2D eigenvalue weighted by molar-refractivity contribution is -0.136. The summed E-state index contributed by atoms with van der Waals surface area (Å²) in [7, 11) is 0. The van der Waals surface area contributed by atoms with Gasteiger partial charge in [0.1, 0.15) is 34.7 Å². The van der Waals surface area contributed by atoms with Gasteiger partial charge < -0.3 is 63.2 Å². The molecule has 8 aliphatic heterocycles. The molecule has 10 fully saturated rings. The molecule has 10 aromatic rings. The molecule has 27 nitrogen and oxygen atoms in total. The highest BCUT2D eigenvalue weighted by atomic mass is 16.6. The SMILES string of the molecule is CC(C)(C)OC(=O)N1CCC(=O)CC1.Cc1ccc(-c2c(C)noc2C)cc1N(CC1CCN(C2CCN(c3ccc4c(c3)C(=O)N(C3CCC(=O)NC3=O)C4=O)CC2)CC1)c1ccc(C2(C#N)CC2)cc1.Cc1ccc(-c2c(C)noc2C)cc1N(CC1CCN(C2CCNCC2)CC1)c1ccc(C2(C#N)CC2)cc1.Cc1ccc(-c2c(C)noc2C)cc1N(CC1CCNCC1)c1ccc(C2(C#N)CC2)cc1. The van der Waals surface area contributed by atoms with Gasteiger partial charge in [0, 0.05) is 134 Å². The first-order valence-electron chi connectivity index (χ1n) is 52.4. The number of nitrogens with zero attached hydrogens (tertiary/aromatic N) is 14. The van der Waals surface area contributed by atoms with E-state index in [-0.39, 0.29) is 46.9 Å². The van der Waals surface area contributed by atoms with E-state index in [4.69, 9.17) is 18.3 Å². The van der Waals surface area contributed by atoms with Gasteiger partial charge in [0.15, 0.2) is 0 Å². The summed E-state index contributed by atoms with van der Waals surface area (Å²) in [5, 5.41) is 51.0. The molecule has 1 unspecified atom stereocenters. The first-order chi connectivity index (χ1) is 69.4. The van der Waals surface area contributed by atoms with Gasteiger partial charge in [-0.05, 0) is 385 Å². The molecule has 11 aliphatic rings. The Morgan fingerprint density at radius 2 is 0.799 bits per heavy atom. The van der Waals surface area contributed by atoms with Gasteiger partial charge in [-0.15, -0.1) is 0 Å². The predicted molar refractivity (Wildman–Crippen MR) is 559 cm³/mol. The second kappa shape index (κ2) is 43.1. The Kier molecular flexibility index (Phi) is 30.2. The molecule has 7 saturated heterocycles. The minimum atomic E-state index is -0.970. The first kappa shape index (κ1) is 101. The number of carbonyl (C=O) groups is 6. The third-order valence-electron chi connectivity index (χ3n) is 32.2. The van der Waals surface area contributed by atoms with E-state index < -0.39 is 29.4 Å². The Morgan fingerprint density at radius 3 is 1.15 bits per heavy atom. The number of aromatic nitrogens is 3. The van der Waals surface area contributed by atoms with Crippen LogP contribution in [-0.2, 0) is 35.4 Å². The van der Waals surface area contributed by atoms with Crippen molar-refractivity contribution < 1.29 is 47.1 Å². The first-order valence-corrected chi connectivity index (χ1v) is 52.4. The minimum Gasteiger partial charge on any atom is -0.444 e. The van der Waals surface area contributed by atoms with Gasteiger partial charge in [0.2, 0.25) is 11.8 Å². The summed E-state index contributed by atoms with van der Waals surface area (Å²) < 4.78 is 21.7. The lowest BCUT2D eigenvalue weighted by Crippen LogP contribution is -2.54. The summed E-state index contributed by atoms with van der Waals surface area (Å²) >= 11 is 0. The molecular formula is C117H139N17O10. The van der Waals surface area contributed by atoms with Gasteiger partial charge >= 0.3 is 6.09 Å². The third kappa shape index (κ3) is 22.2. The number of hydrogen-bond donors (Lipinski definition) is 3. The standard InChI is InChI=1S/C46H49N7O5.C33H41N5O.C28H32N4O.C10H17NO3/c1-28-4-5-32(42-29(2)49-58-30(42)3)24-40(28)52(35-8-6-33(7-9-35)46(27-47)18-19-46)26-31-14-20-50(21-15-31)34-16-22-51(23-17-34)36-10-11-37-38(25-36)45(57)53(44(37)56)39-12-13-41(54)48-43(39)55;1-23-4-5-27(32-24(2)36-39-25(32)3)20-31(23)38(30-8-6-28(7-9-30)33(22-34)14-15-33)21-26-12-18-37(19-13-26)29-10-16-35-17-11-29;1-19-4-5-23(27-20(2)31-33-21(27)3)16-26(19)32(17-22-10-14-30-15-11-22)25-8-6-24(7-9-25)28(18-29)12-13-28;1-10(2,3)14-9(13)11-6-4-8(12)5-7-11/h4-11,24-25,31,34,39H,12-23,26H2,1-3H3,(H,48,54,55);4-9,20,26,29,35H,10-19,21H2,1-3H3;4-9,16,22,30H,10-15,17H2,1-3H3;4-7H2,1-3H3. The Balaban J connectivity index is 0.000000138. The molecule has 3 aromatic heterocycles. The molecule has 0 radical (unpaired) electrons. The van der Waals surface area contributed by atoms with Crippen molar-refractivity contribution in [1.82, 2.24) is 51.0 Å². The van der Waals surface area contributed by atoms with Crippen LogP contribution in [0.15, 0.2) is 159 Å². The number of ketones is 1. The Labute approximate surface area is 847 Å². The highest BCUT2D eigenvalue weighted by molar-refractivity contribution is 6.24. The maximum absolute atomic E-state index is 13.4. The van der Waals surface area contributed by atoms with Crippen LogP contribution in [0.25, 0.3) is 33.4 Å². The van der Waals surface area contributed by atoms with Gasteiger partial charge in [0.25, 0.3) is 11.8 Å². The normalized spacial score (nSPS) is 19.8. The number of rotatable bonds is 22. The van der Waals surface area contributed by atoms with E-state index in [9.17, 15) is 44.6 Å². The number of imide groups is 2. The summed E-state index contributed by atoms with van der Waals surface area (Å²) in [6.45, 7) is 38.5. The Bertz CT molecular complexity index is 6430. The summed E-state index contributed by atoms with van der Waals surface area (Å²) in [5.41, 5.74) is 23.8. The van der Waals surface area contributed by atoms with Crippen LogP contribution in [0.2, 0.25) is 0 Å². The fourth-order valence-electron chi connectivity index (χ4n) is 23.0. The van der Waals surface area contributed by atoms with E-state index in [1.54, 1.807) is 17.0 Å². The molecule has 21 rings (SSSR count). The number of fused-ring (bicyclic) bond motifs is 1. The smallest absolute Gasteiger partial charge is 0.410 e. The number of benzene rings is 7. The van der Waals surface area contributed by atoms with E-state index in [2.05, 4.69) is 227 Å². The average molecular weight is 1940 g/mol. The quantitative estimate of drug-likeness (QED) is 0.0531. The molecule has 1 atom stereocenters. The number of nitrogens with one attached hydrogen (secondary N) is 3. The summed E-state index contributed by atoms with van der Waals surface area (Å²) in [5.74, 6) is 2.58. The predicted octanol–water partition coefficient (Wildman–Crippen LogP) is 20.7. The number of carbonyl (C=O) groups excluding carboxylic acids is 6. The van der Waals surface area contributed by atoms with Gasteiger partial charge in [-0.1, -0.05) is 88.3 Å². The number of amides is 5. The molecule has 3 saturated carbocycles. The zero-order chi connectivity index (χ0) is 101. The van der Waals surface area contributed by atoms with Crippen molar-refractivity contribution in [2.24, 2.45) is 17.8 Å². The number of Topliss-reactive ketones (excluding diaryl/α,β-unsaturated/α-hetero) is 1. The fraction of sp³-hybridized carbons (Fsp3) is 0.487. The van der Waals surface area contributed by atoms with Crippen LogP contribution in [0, 0.1) is 114 Å². The van der Waals surface area contributed by atoms with Crippen LogP contribution in [0.4, 0.5) is 44.6 Å².